The second-order valence-electron chi connectivity index (χ2n) is 4.67. The molecule has 0 aromatic heterocycles. The molecule has 2 aromatic rings. The lowest BCUT2D eigenvalue weighted by atomic mass is 10.1. The zero-order chi connectivity index (χ0) is 15.2. The smallest absolute Gasteiger partial charge is 0.276 e. The summed E-state index contributed by atoms with van der Waals surface area (Å²) in [6.45, 7) is 2.04. The number of rotatable bonds is 6. The number of ether oxygens (including phenoxy) is 1. The molecule has 1 atom stereocenters. The SMILES string of the molecule is CCC(O)c1ccc(OCc2ccccc2[N+](=O)[O-])cc1. The monoisotopic (exact) mass is 287 g/mol. The van der Waals surface area contributed by atoms with E-state index in [0.29, 0.717) is 17.7 Å². The molecule has 0 radical (unpaired) electrons. The van der Waals surface area contributed by atoms with E-state index >= 15 is 0 Å². The van der Waals surface area contributed by atoms with Crippen LogP contribution in [0.3, 0.4) is 0 Å². The molecule has 5 nitrogen and oxygen atoms in total. The topological polar surface area (TPSA) is 72.6 Å². The van der Waals surface area contributed by atoms with E-state index in [-0.39, 0.29) is 12.3 Å². The fourth-order valence-electron chi connectivity index (χ4n) is 1.99. The Kier molecular flexibility index (Phi) is 4.90. The lowest BCUT2D eigenvalue weighted by molar-refractivity contribution is -0.385. The summed E-state index contributed by atoms with van der Waals surface area (Å²) in [5, 5.41) is 20.6. The average molecular weight is 287 g/mol. The number of nitrogens with zero attached hydrogens (tertiary/aromatic N) is 1. The lowest BCUT2D eigenvalue weighted by Crippen LogP contribution is -2.01. The molecule has 0 fully saturated rings. The van der Waals surface area contributed by atoms with Crippen LogP contribution >= 0.6 is 0 Å². The van der Waals surface area contributed by atoms with Crippen molar-refractivity contribution in [3.63, 3.8) is 0 Å². The van der Waals surface area contributed by atoms with E-state index < -0.39 is 11.0 Å². The fraction of sp³-hybridized carbons (Fsp3) is 0.250. The Morgan fingerprint density at radius 1 is 1.19 bits per heavy atom. The Hall–Kier alpha value is -2.40. The van der Waals surface area contributed by atoms with Crippen LogP contribution < -0.4 is 4.74 Å². The van der Waals surface area contributed by atoms with Crippen molar-refractivity contribution >= 4 is 5.69 Å². The summed E-state index contributed by atoms with van der Waals surface area (Å²) in [5.74, 6) is 0.611. The van der Waals surface area contributed by atoms with Crippen LogP contribution in [0.4, 0.5) is 5.69 Å². The number of nitro benzene ring substituents is 1. The Balaban J connectivity index is 2.05. The molecule has 5 heteroatoms. The molecule has 21 heavy (non-hydrogen) atoms. The minimum Gasteiger partial charge on any atom is -0.489 e. The van der Waals surface area contributed by atoms with E-state index in [2.05, 4.69) is 0 Å². The van der Waals surface area contributed by atoms with Gasteiger partial charge in [-0.3, -0.25) is 10.1 Å². The first-order valence-corrected chi connectivity index (χ1v) is 6.75. The van der Waals surface area contributed by atoms with Crippen LogP contribution in [-0.4, -0.2) is 10.0 Å². The van der Waals surface area contributed by atoms with Crippen molar-refractivity contribution in [2.45, 2.75) is 26.1 Å². The summed E-state index contributed by atoms with van der Waals surface area (Å²) >= 11 is 0. The van der Waals surface area contributed by atoms with Gasteiger partial charge in [-0.05, 0) is 30.2 Å². The Bertz CT molecular complexity index is 610. The van der Waals surface area contributed by atoms with Gasteiger partial charge in [0, 0.05) is 6.07 Å². The first kappa shape index (κ1) is 15.0. The van der Waals surface area contributed by atoms with Crippen molar-refractivity contribution in [2.75, 3.05) is 0 Å². The highest BCUT2D eigenvalue weighted by Gasteiger charge is 2.12. The zero-order valence-electron chi connectivity index (χ0n) is 11.7. The van der Waals surface area contributed by atoms with Gasteiger partial charge in [-0.15, -0.1) is 0 Å². The van der Waals surface area contributed by atoms with E-state index in [1.807, 2.05) is 6.92 Å². The van der Waals surface area contributed by atoms with Crippen molar-refractivity contribution in [2.24, 2.45) is 0 Å². The molecular formula is C16H17NO4. The van der Waals surface area contributed by atoms with Gasteiger partial charge in [-0.2, -0.15) is 0 Å². The number of para-hydroxylation sites is 1. The van der Waals surface area contributed by atoms with Crippen LogP contribution in [0.1, 0.15) is 30.6 Å². The van der Waals surface area contributed by atoms with Gasteiger partial charge >= 0.3 is 0 Å². The maximum Gasteiger partial charge on any atom is 0.276 e. The molecule has 0 bridgehead atoms. The molecule has 0 aliphatic carbocycles. The maximum atomic E-state index is 10.9. The molecule has 2 aromatic carbocycles. The molecule has 0 saturated heterocycles. The Morgan fingerprint density at radius 2 is 1.86 bits per heavy atom. The third-order valence-electron chi connectivity index (χ3n) is 3.23. The number of aliphatic hydroxyl groups is 1. The van der Waals surface area contributed by atoms with Crippen molar-refractivity contribution < 1.29 is 14.8 Å². The lowest BCUT2D eigenvalue weighted by Gasteiger charge is -2.10. The Morgan fingerprint density at radius 3 is 2.48 bits per heavy atom. The molecule has 1 N–H and O–H groups in total. The van der Waals surface area contributed by atoms with E-state index in [9.17, 15) is 15.2 Å². The fourth-order valence-corrected chi connectivity index (χ4v) is 1.99. The second kappa shape index (κ2) is 6.85. The average Bonchev–Trinajstić information content (AvgIpc) is 2.52. The van der Waals surface area contributed by atoms with E-state index in [1.165, 1.54) is 6.07 Å². The first-order valence-electron chi connectivity index (χ1n) is 6.75. The van der Waals surface area contributed by atoms with Gasteiger partial charge in [-0.1, -0.05) is 31.2 Å². The van der Waals surface area contributed by atoms with Crippen molar-refractivity contribution in [1.29, 1.82) is 0 Å². The highest BCUT2D eigenvalue weighted by atomic mass is 16.6. The van der Waals surface area contributed by atoms with Crippen LogP contribution in [0, 0.1) is 10.1 Å². The summed E-state index contributed by atoms with van der Waals surface area (Å²) in [6.07, 6.45) is 0.172. The van der Waals surface area contributed by atoms with Gasteiger partial charge in [0.25, 0.3) is 5.69 Å². The first-order chi connectivity index (χ1) is 10.1. The highest BCUT2D eigenvalue weighted by Crippen LogP contribution is 2.22. The summed E-state index contributed by atoms with van der Waals surface area (Å²) < 4.78 is 5.57. The number of benzene rings is 2. The van der Waals surface area contributed by atoms with Crippen molar-refractivity contribution in [3.8, 4) is 5.75 Å². The highest BCUT2D eigenvalue weighted by molar-refractivity contribution is 5.39. The van der Waals surface area contributed by atoms with Crippen LogP contribution in [-0.2, 0) is 6.61 Å². The van der Waals surface area contributed by atoms with Gasteiger partial charge in [-0.25, -0.2) is 0 Å². The van der Waals surface area contributed by atoms with Gasteiger partial charge in [0.15, 0.2) is 0 Å². The quantitative estimate of drug-likeness (QED) is 0.650. The van der Waals surface area contributed by atoms with E-state index in [1.54, 1.807) is 42.5 Å². The standard InChI is InChI=1S/C16H17NO4/c1-2-16(18)12-7-9-14(10-8-12)21-11-13-5-3-4-6-15(13)17(19)20/h3-10,16,18H,2,11H2,1H3. The van der Waals surface area contributed by atoms with Gasteiger partial charge < -0.3 is 9.84 Å². The molecule has 2 rings (SSSR count). The molecular weight excluding hydrogens is 270 g/mol. The number of nitro groups is 1. The normalized spacial score (nSPS) is 11.9. The molecule has 1 unspecified atom stereocenters. The van der Waals surface area contributed by atoms with E-state index in [4.69, 9.17) is 4.74 Å². The molecule has 0 amide bonds. The largest absolute Gasteiger partial charge is 0.489 e. The van der Waals surface area contributed by atoms with Crippen LogP contribution in [0.25, 0.3) is 0 Å². The predicted molar refractivity (Wildman–Crippen MR) is 79.1 cm³/mol. The summed E-state index contributed by atoms with van der Waals surface area (Å²) in [7, 11) is 0. The molecule has 110 valence electrons. The number of hydrogen-bond acceptors (Lipinski definition) is 4. The number of hydrogen-bond donors (Lipinski definition) is 1. The minimum atomic E-state index is -0.478. The van der Waals surface area contributed by atoms with Crippen LogP contribution in [0.15, 0.2) is 48.5 Å². The van der Waals surface area contributed by atoms with E-state index in [0.717, 1.165) is 5.56 Å². The van der Waals surface area contributed by atoms with Crippen LogP contribution in [0.2, 0.25) is 0 Å². The third kappa shape index (κ3) is 3.79. The van der Waals surface area contributed by atoms with Gasteiger partial charge in [0.2, 0.25) is 0 Å². The molecule has 0 saturated carbocycles. The third-order valence-corrected chi connectivity index (χ3v) is 3.23. The molecule has 0 aliphatic heterocycles. The summed E-state index contributed by atoms with van der Waals surface area (Å²) in [6, 6.07) is 13.6. The maximum absolute atomic E-state index is 10.9. The van der Waals surface area contributed by atoms with Crippen LogP contribution in [0.5, 0.6) is 5.75 Å². The second-order valence-corrected chi connectivity index (χ2v) is 4.67. The molecule has 0 heterocycles. The molecule has 0 spiro atoms. The predicted octanol–water partition coefficient (Wildman–Crippen LogP) is 3.62. The summed E-state index contributed by atoms with van der Waals surface area (Å²) in [4.78, 5) is 10.5. The minimum absolute atomic E-state index is 0.0514. The molecule has 0 aliphatic rings. The van der Waals surface area contributed by atoms with Crippen molar-refractivity contribution in [3.05, 3.63) is 69.8 Å². The Labute approximate surface area is 123 Å². The number of aliphatic hydroxyl groups excluding tert-OH is 1. The van der Waals surface area contributed by atoms with Gasteiger partial charge in [0.05, 0.1) is 16.6 Å². The summed E-state index contributed by atoms with van der Waals surface area (Å²) in [5.41, 5.74) is 1.41. The van der Waals surface area contributed by atoms with Crippen molar-refractivity contribution in [1.82, 2.24) is 0 Å². The van der Waals surface area contributed by atoms with Gasteiger partial charge in [0.1, 0.15) is 12.4 Å². The zero-order valence-corrected chi connectivity index (χ0v) is 11.7.